The Morgan fingerprint density at radius 2 is 2.05 bits per heavy atom. The molecule has 120 valence electrons. The first-order valence-corrected chi connectivity index (χ1v) is 8.37. The Labute approximate surface area is 131 Å². The second-order valence-electron chi connectivity index (χ2n) is 4.83. The zero-order valence-corrected chi connectivity index (χ0v) is 14.1. The van der Waals surface area contributed by atoms with Crippen molar-refractivity contribution in [2.75, 3.05) is 46.1 Å². The van der Waals surface area contributed by atoms with Crippen LogP contribution in [-0.4, -0.2) is 53.7 Å². The summed E-state index contributed by atoms with van der Waals surface area (Å²) >= 11 is 5.99. The number of hydrogen-bond acceptors (Lipinski definition) is 5. The maximum absolute atomic E-state index is 12.2. The molecule has 0 atom stereocenters. The third-order valence-corrected chi connectivity index (χ3v) is 5.00. The third kappa shape index (κ3) is 5.44. The van der Waals surface area contributed by atoms with E-state index in [1.807, 2.05) is 11.9 Å². The highest BCUT2D eigenvalue weighted by atomic mass is 35.5. The van der Waals surface area contributed by atoms with Gasteiger partial charge < -0.3 is 15.4 Å². The van der Waals surface area contributed by atoms with Gasteiger partial charge in [0.05, 0.1) is 11.6 Å². The van der Waals surface area contributed by atoms with Crippen molar-refractivity contribution in [3.8, 4) is 0 Å². The van der Waals surface area contributed by atoms with E-state index in [0.29, 0.717) is 18.8 Å². The van der Waals surface area contributed by atoms with Crippen LogP contribution in [0.4, 0.5) is 5.69 Å². The number of aryl methyl sites for hydroxylation is 1. The number of hydrogen-bond donors (Lipinski definition) is 2. The SMILES string of the molecule is COCCN(C)CCNS(=O)(=O)c1cc(N)c(C)cc1Cl. The second kappa shape index (κ2) is 7.95. The number of benzene rings is 1. The lowest BCUT2D eigenvalue weighted by Crippen LogP contribution is -2.34. The minimum Gasteiger partial charge on any atom is -0.398 e. The second-order valence-corrected chi connectivity index (χ2v) is 6.98. The summed E-state index contributed by atoms with van der Waals surface area (Å²) in [6, 6.07) is 2.94. The van der Waals surface area contributed by atoms with E-state index in [1.165, 1.54) is 6.07 Å². The van der Waals surface area contributed by atoms with Crippen LogP contribution < -0.4 is 10.5 Å². The summed E-state index contributed by atoms with van der Waals surface area (Å²) in [5, 5.41) is 0.168. The van der Waals surface area contributed by atoms with Gasteiger partial charge in [0.2, 0.25) is 10.0 Å². The fourth-order valence-electron chi connectivity index (χ4n) is 1.68. The summed E-state index contributed by atoms with van der Waals surface area (Å²) < 4.78 is 31.9. The number of anilines is 1. The molecule has 1 aromatic carbocycles. The number of rotatable bonds is 8. The third-order valence-electron chi connectivity index (χ3n) is 3.07. The molecule has 6 nitrogen and oxygen atoms in total. The molecule has 0 fully saturated rings. The van der Waals surface area contributed by atoms with E-state index < -0.39 is 10.0 Å². The van der Waals surface area contributed by atoms with Crippen molar-refractivity contribution in [3.05, 3.63) is 22.7 Å². The van der Waals surface area contributed by atoms with E-state index >= 15 is 0 Å². The Kier molecular flexibility index (Phi) is 6.89. The molecular formula is C13H22ClN3O3S. The van der Waals surface area contributed by atoms with Gasteiger partial charge in [0.15, 0.2) is 0 Å². The first-order chi connectivity index (χ1) is 9.77. The Bertz CT molecular complexity index is 578. The lowest BCUT2D eigenvalue weighted by molar-refractivity contribution is 0.162. The average molecular weight is 336 g/mol. The van der Waals surface area contributed by atoms with Crippen molar-refractivity contribution in [3.63, 3.8) is 0 Å². The van der Waals surface area contributed by atoms with Crippen LogP contribution in [0.3, 0.4) is 0 Å². The quantitative estimate of drug-likeness (QED) is 0.695. The van der Waals surface area contributed by atoms with Gasteiger partial charge in [-0.1, -0.05) is 11.6 Å². The van der Waals surface area contributed by atoms with E-state index in [-0.39, 0.29) is 16.5 Å². The van der Waals surface area contributed by atoms with E-state index in [9.17, 15) is 8.42 Å². The Balaban J connectivity index is 2.68. The van der Waals surface area contributed by atoms with Crippen LogP contribution in [0.1, 0.15) is 5.56 Å². The van der Waals surface area contributed by atoms with Gasteiger partial charge in [-0.3, -0.25) is 0 Å². The van der Waals surface area contributed by atoms with Crippen LogP contribution in [0, 0.1) is 6.92 Å². The van der Waals surface area contributed by atoms with Crippen LogP contribution in [0.5, 0.6) is 0 Å². The molecule has 0 aromatic heterocycles. The molecule has 0 bridgehead atoms. The lowest BCUT2D eigenvalue weighted by atomic mass is 10.2. The molecule has 1 aromatic rings. The van der Waals surface area contributed by atoms with Crippen LogP contribution in [0.2, 0.25) is 5.02 Å². The number of nitrogen functional groups attached to an aromatic ring is 1. The average Bonchev–Trinajstić information content (AvgIpc) is 2.40. The zero-order valence-electron chi connectivity index (χ0n) is 12.5. The first-order valence-electron chi connectivity index (χ1n) is 6.50. The molecule has 0 aliphatic carbocycles. The molecule has 0 aliphatic heterocycles. The topological polar surface area (TPSA) is 84.7 Å². The number of nitrogens with two attached hydrogens (primary N) is 1. The van der Waals surface area contributed by atoms with Crippen LogP contribution in [0.15, 0.2) is 17.0 Å². The number of halogens is 1. The molecule has 1 rings (SSSR count). The summed E-state index contributed by atoms with van der Waals surface area (Å²) in [7, 11) is -0.148. The monoisotopic (exact) mass is 335 g/mol. The molecule has 0 saturated heterocycles. The van der Waals surface area contributed by atoms with Crippen LogP contribution in [-0.2, 0) is 14.8 Å². The molecule has 0 unspecified atom stereocenters. The number of methoxy groups -OCH3 is 1. The van der Waals surface area contributed by atoms with Gasteiger partial charge in [0, 0.05) is 32.4 Å². The Morgan fingerprint density at radius 1 is 1.38 bits per heavy atom. The van der Waals surface area contributed by atoms with Crippen molar-refractivity contribution in [1.82, 2.24) is 9.62 Å². The Morgan fingerprint density at radius 3 is 2.67 bits per heavy atom. The summed E-state index contributed by atoms with van der Waals surface area (Å²) in [4.78, 5) is 1.98. The predicted octanol–water partition coefficient (Wildman–Crippen LogP) is 1.09. The van der Waals surface area contributed by atoms with Gasteiger partial charge in [-0.05, 0) is 31.7 Å². The van der Waals surface area contributed by atoms with E-state index in [0.717, 1.165) is 12.1 Å². The molecule has 8 heteroatoms. The van der Waals surface area contributed by atoms with Gasteiger partial charge >= 0.3 is 0 Å². The maximum atomic E-state index is 12.2. The molecule has 0 radical (unpaired) electrons. The smallest absolute Gasteiger partial charge is 0.242 e. The van der Waals surface area contributed by atoms with Crippen molar-refractivity contribution >= 4 is 27.3 Å². The number of sulfonamides is 1. The molecule has 0 amide bonds. The highest BCUT2D eigenvalue weighted by molar-refractivity contribution is 7.89. The van der Waals surface area contributed by atoms with Crippen molar-refractivity contribution < 1.29 is 13.2 Å². The predicted molar refractivity (Wildman–Crippen MR) is 85.2 cm³/mol. The number of nitrogens with zero attached hydrogens (tertiary/aromatic N) is 1. The number of likely N-dealkylation sites (N-methyl/N-ethyl adjacent to an activating group) is 1. The zero-order chi connectivity index (χ0) is 16.0. The van der Waals surface area contributed by atoms with Crippen molar-refractivity contribution in [1.29, 1.82) is 0 Å². The van der Waals surface area contributed by atoms with Crippen molar-refractivity contribution in [2.45, 2.75) is 11.8 Å². The van der Waals surface area contributed by atoms with Crippen LogP contribution >= 0.6 is 11.6 Å². The summed E-state index contributed by atoms with van der Waals surface area (Å²) in [6.45, 7) is 3.96. The van der Waals surface area contributed by atoms with Gasteiger partial charge in [0.25, 0.3) is 0 Å². The molecule has 0 saturated carbocycles. The number of nitrogens with one attached hydrogen (secondary N) is 1. The minimum atomic E-state index is -3.67. The largest absolute Gasteiger partial charge is 0.398 e. The standard InChI is InChI=1S/C13H22ClN3O3S/c1-10-8-11(14)13(9-12(10)15)21(18,19)16-4-5-17(2)6-7-20-3/h8-9,16H,4-7,15H2,1-3H3. The van der Waals surface area contributed by atoms with Gasteiger partial charge in [0.1, 0.15) is 4.90 Å². The van der Waals surface area contributed by atoms with Gasteiger partial charge in [-0.2, -0.15) is 0 Å². The normalized spacial score (nSPS) is 12.0. The maximum Gasteiger partial charge on any atom is 0.242 e. The lowest BCUT2D eigenvalue weighted by Gasteiger charge is -2.16. The fraction of sp³-hybridized carbons (Fsp3) is 0.538. The summed E-state index contributed by atoms with van der Waals surface area (Å²) in [5.41, 5.74) is 6.89. The molecule has 21 heavy (non-hydrogen) atoms. The van der Waals surface area contributed by atoms with Gasteiger partial charge in [-0.15, -0.1) is 0 Å². The van der Waals surface area contributed by atoms with Gasteiger partial charge in [-0.25, -0.2) is 13.1 Å². The van der Waals surface area contributed by atoms with E-state index in [2.05, 4.69) is 4.72 Å². The Hall–Kier alpha value is -0.860. The summed E-state index contributed by atoms with van der Waals surface area (Å²) in [6.07, 6.45) is 0. The molecule has 0 spiro atoms. The van der Waals surface area contributed by atoms with E-state index in [1.54, 1.807) is 20.1 Å². The van der Waals surface area contributed by atoms with Crippen molar-refractivity contribution in [2.24, 2.45) is 0 Å². The molecule has 0 aliphatic rings. The minimum absolute atomic E-state index is 0.00631. The molecular weight excluding hydrogens is 314 g/mol. The molecule has 3 N–H and O–H groups in total. The van der Waals surface area contributed by atoms with Crippen LogP contribution in [0.25, 0.3) is 0 Å². The summed E-state index contributed by atoms with van der Waals surface area (Å²) in [5.74, 6) is 0. The van der Waals surface area contributed by atoms with E-state index in [4.69, 9.17) is 22.1 Å². The highest BCUT2D eigenvalue weighted by Crippen LogP contribution is 2.26. The number of ether oxygens (including phenoxy) is 1. The first kappa shape index (κ1) is 18.2. The fourth-order valence-corrected chi connectivity index (χ4v) is 3.32. The molecule has 0 heterocycles. The highest BCUT2D eigenvalue weighted by Gasteiger charge is 2.18.